The molecule has 0 unspecified atom stereocenters. The molecular weight excluding hydrogens is 250 g/mol. The second-order valence-electron chi connectivity index (χ2n) is 4.70. The van der Waals surface area contributed by atoms with E-state index in [1.807, 2.05) is 0 Å². The van der Waals surface area contributed by atoms with E-state index in [2.05, 4.69) is 30.5 Å². The molecule has 17 heavy (non-hydrogen) atoms. The fourth-order valence-electron chi connectivity index (χ4n) is 2.59. The average Bonchev–Trinajstić information content (AvgIpc) is 2.39. The van der Waals surface area contributed by atoms with Crippen LogP contribution in [0.15, 0.2) is 29.2 Å². The molecule has 1 nitrogen and oxygen atoms in total. The first-order valence-corrected chi connectivity index (χ1v) is 7.43. The van der Waals surface area contributed by atoms with Gasteiger partial charge in [0.25, 0.3) is 0 Å². The number of benzene rings is 1. The molecule has 0 bridgehead atoms. The van der Waals surface area contributed by atoms with Gasteiger partial charge in [-0.3, -0.25) is 0 Å². The maximum absolute atomic E-state index is 6.35. The first-order chi connectivity index (χ1) is 7.81. The highest BCUT2D eigenvalue weighted by atomic mass is 35.5. The van der Waals surface area contributed by atoms with Gasteiger partial charge < -0.3 is 5.73 Å². The van der Waals surface area contributed by atoms with Gasteiger partial charge in [-0.1, -0.05) is 31.4 Å². The number of hydrogen-bond acceptors (Lipinski definition) is 2. The van der Waals surface area contributed by atoms with Crippen LogP contribution in [0.5, 0.6) is 0 Å². The molecule has 0 radical (unpaired) electrons. The topological polar surface area (TPSA) is 26.0 Å². The number of nitrogens with two attached hydrogens (primary N) is 1. The molecule has 0 amide bonds. The minimum Gasteiger partial charge on any atom is -0.324 e. The molecule has 2 rings (SSSR count). The van der Waals surface area contributed by atoms with Gasteiger partial charge in [-0.25, -0.2) is 0 Å². The maximum atomic E-state index is 6.35. The third-order valence-corrected chi connectivity index (χ3v) is 4.40. The Hall–Kier alpha value is -0.180. The van der Waals surface area contributed by atoms with E-state index in [4.69, 9.17) is 5.73 Å². The van der Waals surface area contributed by atoms with Crippen molar-refractivity contribution in [2.75, 3.05) is 6.26 Å². The zero-order valence-electron chi connectivity index (χ0n) is 10.4. The van der Waals surface area contributed by atoms with Crippen LogP contribution >= 0.6 is 24.2 Å². The van der Waals surface area contributed by atoms with Gasteiger partial charge in [-0.15, -0.1) is 24.2 Å². The highest BCUT2D eigenvalue weighted by Gasteiger charge is 2.21. The number of rotatable bonds is 3. The number of hydrogen-bond donors (Lipinski definition) is 1. The van der Waals surface area contributed by atoms with Crippen molar-refractivity contribution in [1.82, 2.24) is 0 Å². The van der Waals surface area contributed by atoms with Crippen LogP contribution in [0.25, 0.3) is 0 Å². The van der Waals surface area contributed by atoms with Gasteiger partial charge in [0.05, 0.1) is 0 Å². The zero-order chi connectivity index (χ0) is 11.4. The SMILES string of the molecule is CSc1ccc([C@@H](N)C2CCCCC2)cc1.Cl. The number of halogens is 1. The zero-order valence-corrected chi connectivity index (χ0v) is 12.0. The number of thioether (sulfide) groups is 1. The molecule has 0 heterocycles. The molecule has 0 aromatic heterocycles. The fourth-order valence-corrected chi connectivity index (χ4v) is 3.00. The Morgan fingerprint density at radius 1 is 1.12 bits per heavy atom. The molecule has 1 atom stereocenters. The lowest BCUT2D eigenvalue weighted by Crippen LogP contribution is -2.23. The van der Waals surface area contributed by atoms with Crippen LogP contribution in [0.2, 0.25) is 0 Å². The van der Waals surface area contributed by atoms with Crippen molar-refractivity contribution in [1.29, 1.82) is 0 Å². The smallest absolute Gasteiger partial charge is 0.0323 e. The van der Waals surface area contributed by atoms with E-state index in [1.165, 1.54) is 42.6 Å². The van der Waals surface area contributed by atoms with Gasteiger partial charge in [0.15, 0.2) is 0 Å². The van der Waals surface area contributed by atoms with Gasteiger partial charge in [0.2, 0.25) is 0 Å². The molecule has 1 aliphatic rings. The van der Waals surface area contributed by atoms with E-state index < -0.39 is 0 Å². The van der Waals surface area contributed by atoms with E-state index in [1.54, 1.807) is 11.8 Å². The summed E-state index contributed by atoms with van der Waals surface area (Å²) in [6.07, 6.45) is 8.85. The molecule has 1 aromatic carbocycles. The van der Waals surface area contributed by atoms with E-state index in [0.29, 0.717) is 5.92 Å². The predicted octanol–water partition coefficient (Wildman–Crippen LogP) is 4.41. The average molecular weight is 272 g/mol. The van der Waals surface area contributed by atoms with E-state index in [0.717, 1.165) is 0 Å². The summed E-state index contributed by atoms with van der Waals surface area (Å²) in [5.74, 6) is 0.703. The van der Waals surface area contributed by atoms with Crippen LogP contribution in [-0.4, -0.2) is 6.26 Å². The Morgan fingerprint density at radius 2 is 1.71 bits per heavy atom. The van der Waals surface area contributed by atoms with Crippen LogP contribution in [0.4, 0.5) is 0 Å². The highest BCUT2D eigenvalue weighted by molar-refractivity contribution is 7.98. The largest absolute Gasteiger partial charge is 0.324 e. The quantitative estimate of drug-likeness (QED) is 0.824. The van der Waals surface area contributed by atoms with E-state index >= 15 is 0 Å². The van der Waals surface area contributed by atoms with E-state index in [-0.39, 0.29) is 18.4 Å². The first-order valence-electron chi connectivity index (χ1n) is 6.21. The highest BCUT2D eigenvalue weighted by Crippen LogP contribution is 2.33. The molecule has 0 saturated heterocycles. The van der Waals surface area contributed by atoms with Crippen molar-refractivity contribution in [3.05, 3.63) is 29.8 Å². The van der Waals surface area contributed by atoms with Crippen molar-refractivity contribution < 1.29 is 0 Å². The molecule has 0 spiro atoms. The Bertz CT molecular complexity index is 319. The van der Waals surface area contributed by atoms with Crippen molar-refractivity contribution in [3.8, 4) is 0 Å². The van der Waals surface area contributed by atoms with Crippen molar-refractivity contribution in [3.63, 3.8) is 0 Å². The molecule has 0 aliphatic heterocycles. The molecule has 3 heteroatoms. The predicted molar refractivity (Wildman–Crippen MR) is 79.0 cm³/mol. The molecular formula is C14H22ClNS. The summed E-state index contributed by atoms with van der Waals surface area (Å²) < 4.78 is 0. The summed E-state index contributed by atoms with van der Waals surface area (Å²) in [5.41, 5.74) is 7.66. The molecule has 2 N–H and O–H groups in total. The standard InChI is InChI=1S/C14H21NS.ClH/c1-16-13-9-7-12(8-10-13)14(15)11-5-3-2-4-6-11;/h7-11,14H,2-6,15H2,1H3;1H/t14-;/m0./s1. The summed E-state index contributed by atoms with van der Waals surface area (Å²) >= 11 is 1.78. The van der Waals surface area contributed by atoms with Crippen molar-refractivity contribution >= 4 is 24.2 Å². The van der Waals surface area contributed by atoms with Gasteiger partial charge >= 0.3 is 0 Å². The van der Waals surface area contributed by atoms with Crippen molar-refractivity contribution in [2.24, 2.45) is 11.7 Å². The van der Waals surface area contributed by atoms with Crippen LogP contribution in [-0.2, 0) is 0 Å². The third-order valence-electron chi connectivity index (χ3n) is 3.66. The second kappa shape index (κ2) is 7.30. The summed E-state index contributed by atoms with van der Waals surface area (Å²) in [7, 11) is 0. The van der Waals surface area contributed by atoms with Gasteiger partial charge in [-0.05, 0) is 42.7 Å². The summed E-state index contributed by atoms with van der Waals surface area (Å²) in [6, 6.07) is 9.01. The van der Waals surface area contributed by atoms with Gasteiger partial charge in [-0.2, -0.15) is 0 Å². The summed E-state index contributed by atoms with van der Waals surface area (Å²) in [6.45, 7) is 0. The Balaban J connectivity index is 0.00000144. The lowest BCUT2D eigenvalue weighted by Gasteiger charge is -2.27. The Labute approximate surface area is 115 Å². The molecule has 1 aromatic rings. The maximum Gasteiger partial charge on any atom is 0.0323 e. The molecule has 96 valence electrons. The Morgan fingerprint density at radius 3 is 2.24 bits per heavy atom. The van der Waals surface area contributed by atoms with Crippen molar-refractivity contribution in [2.45, 2.75) is 43.0 Å². The molecule has 1 saturated carbocycles. The third kappa shape index (κ3) is 3.90. The molecule has 1 fully saturated rings. The first kappa shape index (κ1) is 14.9. The fraction of sp³-hybridized carbons (Fsp3) is 0.571. The van der Waals surface area contributed by atoms with Gasteiger partial charge in [0.1, 0.15) is 0 Å². The van der Waals surface area contributed by atoms with Crippen LogP contribution in [0, 0.1) is 5.92 Å². The van der Waals surface area contributed by atoms with Crippen LogP contribution in [0.3, 0.4) is 0 Å². The lowest BCUT2D eigenvalue weighted by molar-refractivity contribution is 0.308. The summed E-state index contributed by atoms with van der Waals surface area (Å²) in [5, 5.41) is 0. The minimum absolute atomic E-state index is 0. The lowest BCUT2D eigenvalue weighted by atomic mass is 9.81. The van der Waals surface area contributed by atoms with Gasteiger partial charge in [0, 0.05) is 10.9 Å². The second-order valence-corrected chi connectivity index (χ2v) is 5.58. The molecule has 1 aliphatic carbocycles. The normalized spacial score (nSPS) is 18.5. The van der Waals surface area contributed by atoms with E-state index in [9.17, 15) is 0 Å². The summed E-state index contributed by atoms with van der Waals surface area (Å²) in [4.78, 5) is 1.32. The van der Waals surface area contributed by atoms with Crippen LogP contribution < -0.4 is 5.73 Å². The van der Waals surface area contributed by atoms with Crippen LogP contribution in [0.1, 0.15) is 43.7 Å². The monoisotopic (exact) mass is 271 g/mol. The minimum atomic E-state index is 0. The Kier molecular flexibility index (Phi) is 6.39.